The van der Waals surface area contributed by atoms with E-state index in [4.69, 9.17) is 9.47 Å². The van der Waals surface area contributed by atoms with Crippen LogP contribution in [0, 0.1) is 5.41 Å². The van der Waals surface area contributed by atoms with E-state index in [9.17, 15) is 9.90 Å². The van der Waals surface area contributed by atoms with Crippen molar-refractivity contribution in [3.05, 3.63) is 17.7 Å². The molecule has 1 saturated carbocycles. The summed E-state index contributed by atoms with van der Waals surface area (Å²) in [6.45, 7) is 2.26. The fraction of sp³-hybridized carbons (Fsp3) is 0.650. The first kappa shape index (κ1) is 14.3. The standard InChI is InChI=1S/C20H22N2O4/c23-16-2-6-21-5-1-12-11-7-14-15(26-10-25-14)8-13(11)22-17(24)9-19(16)3-4-20(12,22)18(19)21/h7-8,12,16,18,23H,1-6,9-10H2/t12-,16+,18-,19+,20+/m0/s1. The Bertz CT molecular complexity index is 872. The van der Waals surface area contributed by atoms with E-state index in [1.807, 2.05) is 6.07 Å². The second kappa shape index (κ2) is 4.20. The van der Waals surface area contributed by atoms with Crippen molar-refractivity contribution in [2.45, 2.75) is 55.7 Å². The molecule has 6 aliphatic rings. The molecule has 4 fully saturated rings. The molecule has 5 aliphatic heterocycles. The third kappa shape index (κ3) is 1.28. The molecule has 136 valence electrons. The highest BCUT2D eigenvalue weighted by Crippen LogP contribution is 2.70. The summed E-state index contributed by atoms with van der Waals surface area (Å²) in [5.74, 6) is 2.08. The molecule has 1 aromatic rings. The molecule has 6 heteroatoms. The van der Waals surface area contributed by atoms with E-state index < -0.39 is 0 Å². The van der Waals surface area contributed by atoms with E-state index in [0.717, 1.165) is 56.0 Å². The number of amides is 1. The predicted octanol–water partition coefficient (Wildman–Crippen LogP) is 1.61. The van der Waals surface area contributed by atoms with Gasteiger partial charge in [-0.05, 0) is 43.9 Å². The highest BCUT2D eigenvalue weighted by molar-refractivity contribution is 6.01. The minimum Gasteiger partial charge on any atom is -0.454 e. The topological polar surface area (TPSA) is 62.2 Å². The number of aliphatic hydroxyl groups excluding tert-OH is 1. The number of nitrogens with zero attached hydrogens (tertiary/aromatic N) is 2. The zero-order valence-corrected chi connectivity index (χ0v) is 14.6. The number of carbonyl (C=O) groups is 1. The van der Waals surface area contributed by atoms with Gasteiger partial charge in [-0.25, -0.2) is 0 Å². The van der Waals surface area contributed by atoms with Crippen molar-refractivity contribution in [2.24, 2.45) is 5.41 Å². The zero-order chi connectivity index (χ0) is 17.3. The second-order valence-corrected chi connectivity index (χ2v) is 8.98. The second-order valence-electron chi connectivity index (χ2n) is 8.98. The van der Waals surface area contributed by atoms with Crippen LogP contribution in [-0.2, 0) is 4.79 Å². The van der Waals surface area contributed by atoms with Crippen molar-refractivity contribution in [1.82, 2.24) is 4.90 Å². The minimum absolute atomic E-state index is 0.184. The molecule has 6 nitrogen and oxygen atoms in total. The largest absolute Gasteiger partial charge is 0.454 e. The summed E-state index contributed by atoms with van der Waals surface area (Å²) < 4.78 is 11.2. The van der Waals surface area contributed by atoms with Crippen LogP contribution < -0.4 is 14.4 Å². The van der Waals surface area contributed by atoms with Crippen LogP contribution in [0.1, 0.15) is 43.6 Å². The summed E-state index contributed by atoms with van der Waals surface area (Å²) >= 11 is 0. The van der Waals surface area contributed by atoms with E-state index in [-0.39, 0.29) is 35.8 Å². The van der Waals surface area contributed by atoms with Crippen molar-refractivity contribution in [1.29, 1.82) is 0 Å². The fourth-order valence-corrected chi connectivity index (χ4v) is 7.58. The molecular weight excluding hydrogens is 332 g/mol. The number of anilines is 1. The van der Waals surface area contributed by atoms with Gasteiger partial charge in [-0.3, -0.25) is 9.69 Å². The van der Waals surface area contributed by atoms with Crippen LogP contribution in [0.15, 0.2) is 12.1 Å². The molecule has 1 aromatic carbocycles. The molecule has 0 unspecified atom stereocenters. The van der Waals surface area contributed by atoms with Crippen LogP contribution in [0.3, 0.4) is 0 Å². The number of hydrogen-bond donors (Lipinski definition) is 1. The van der Waals surface area contributed by atoms with Gasteiger partial charge in [0, 0.05) is 36.4 Å². The summed E-state index contributed by atoms with van der Waals surface area (Å²) in [7, 11) is 0. The average Bonchev–Trinajstić information content (AvgIpc) is 3.27. The summed E-state index contributed by atoms with van der Waals surface area (Å²) in [6, 6.07) is 4.43. The molecule has 2 bridgehead atoms. The summed E-state index contributed by atoms with van der Waals surface area (Å²) in [6.07, 6.45) is 3.93. The molecule has 1 N–H and O–H groups in total. The van der Waals surface area contributed by atoms with E-state index in [1.54, 1.807) is 0 Å². The van der Waals surface area contributed by atoms with Crippen LogP contribution >= 0.6 is 0 Å². The van der Waals surface area contributed by atoms with Gasteiger partial charge < -0.3 is 19.5 Å². The minimum atomic E-state index is -0.353. The molecule has 0 radical (unpaired) electrons. The molecule has 1 amide bonds. The molecular formula is C20H22N2O4. The Morgan fingerprint density at radius 3 is 2.81 bits per heavy atom. The molecule has 7 rings (SSSR count). The van der Waals surface area contributed by atoms with Crippen LogP contribution in [0.4, 0.5) is 5.69 Å². The van der Waals surface area contributed by atoms with Crippen molar-refractivity contribution in [3.63, 3.8) is 0 Å². The van der Waals surface area contributed by atoms with Gasteiger partial charge in [0.2, 0.25) is 12.7 Å². The SMILES string of the molecule is O=C1C[C@]23CC[C@@]45[C@@H](CCN(CC[C@H]2O)[C@@H]34)c2cc3c(cc2N15)OCO3. The van der Waals surface area contributed by atoms with Crippen molar-refractivity contribution in [2.75, 3.05) is 24.8 Å². The maximum Gasteiger partial charge on any atom is 0.231 e. The zero-order valence-electron chi connectivity index (χ0n) is 14.6. The maximum absolute atomic E-state index is 13.4. The number of ether oxygens (including phenoxy) is 2. The van der Waals surface area contributed by atoms with Gasteiger partial charge in [-0.1, -0.05) is 0 Å². The molecule has 0 aromatic heterocycles. The number of piperidine rings is 3. The lowest BCUT2D eigenvalue weighted by atomic mass is 9.60. The first-order valence-corrected chi connectivity index (χ1v) is 9.84. The van der Waals surface area contributed by atoms with E-state index in [0.29, 0.717) is 12.3 Å². The Labute approximate surface area is 151 Å². The number of rotatable bonds is 0. The number of fused-ring (bicyclic) bond motifs is 4. The highest BCUT2D eigenvalue weighted by atomic mass is 16.7. The summed E-state index contributed by atoms with van der Waals surface area (Å²) in [5, 5.41) is 11.0. The number of benzene rings is 1. The Balaban J connectivity index is 1.50. The molecule has 5 atom stereocenters. The van der Waals surface area contributed by atoms with Gasteiger partial charge in [0.05, 0.1) is 17.3 Å². The van der Waals surface area contributed by atoms with Crippen molar-refractivity contribution in [3.8, 4) is 11.5 Å². The van der Waals surface area contributed by atoms with Gasteiger partial charge in [0.1, 0.15) is 0 Å². The van der Waals surface area contributed by atoms with Gasteiger partial charge >= 0.3 is 0 Å². The first-order chi connectivity index (χ1) is 12.6. The predicted molar refractivity (Wildman–Crippen MR) is 92.4 cm³/mol. The highest BCUT2D eigenvalue weighted by Gasteiger charge is 2.75. The Morgan fingerprint density at radius 2 is 1.92 bits per heavy atom. The maximum atomic E-state index is 13.4. The third-order valence-corrected chi connectivity index (χ3v) is 8.32. The number of hydrogen-bond acceptors (Lipinski definition) is 5. The molecule has 5 heterocycles. The molecule has 3 saturated heterocycles. The molecule has 26 heavy (non-hydrogen) atoms. The van der Waals surface area contributed by atoms with Crippen molar-refractivity contribution >= 4 is 11.6 Å². The monoisotopic (exact) mass is 354 g/mol. The lowest BCUT2D eigenvalue weighted by Gasteiger charge is -2.62. The van der Waals surface area contributed by atoms with Crippen LogP contribution in [0.25, 0.3) is 0 Å². The van der Waals surface area contributed by atoms with Gasteiger partial charge in [-0.2, -0.15) is 0 Å². The molecule has 1 aliphatic carbocycles. The normalized spacial score (nSPS) is 44.3. The van der Waals surface area contributed by atoms with Gasteiger partial charge in [0.25, 0.3) is 0 Å². The average molecular weight is 354 g/mol. The summed E-state index contributed by atoms with van der Waals surface area (Å²) in [4.78, 5) is 18.1. The van der Waals surface area contributed by atoms with Crippen LogP contribution in [0.2, 0.25) is 0 Å². The van der Waals surface area contributed by atoms with E-state index in [1.165, 1.54) is 5.56 Å². The lowest BCUT2D eigenvalue weighted by molar-refractivity contribution is -0.148. The van der Waals surface area contributed by atoms with Crippen LogP contribution in [-0.4, -0.2) is 53.5 Å². The lowest BCUT2D eigenvalue weighted by Crippen LogP contribution is -2.75. The Kier molecular flexibility index (Phi) is 2.31. The third-order valence-electron chi connectivity index (χ3n) is 8.32. The Morgan fingerprint density at radius 1 is 1.12 bits per heavy atom. The first-order valence-electron chi connectivity index (χ1n) is 9.84. The quantitative estimate of drug-likeness (QED) is 0.767. The number of aliphatic hydroxyl groups is 1. The van der Waals surface area contributed by atoms with Crippen LogP contribution in [0.5, 0.6) is 11.5 Å². The Hall–Kier alpha value is -1.79. The van der Waals surface area contributed by atoms with Crippen molar-refractivity contribution < 1.29 is 19.4 Å². The smallest absolute Gasteiger partial charge is 0.231 e. The van der Waals surface area contributed by atoms with Gasteiger partial charge in [-0.15, -0.1) is 0 Å². The summed E-state index contributed by atoms with van der Waals surface area (Å²) in [5.41, 5.74) is 1.84. The number of carbonyl (C=O) groups excluding carboxylic acids is 1. The molecule has 1 spiro atoms. The van der Waals surface area contributed by atoms with Gasteiger partial charge in [0.15, 0.2) is 11.5 Å². The van der Waals surface area contributed by atoms with E-state index in [2.05, 4.69) is 15.9 Å². The van der Waals surface area contributed by atoms with E-state index >= 15 is 0 Å². The fourth-order valence-electron chi connectivity index (χ4n) is 7.58.